The predicted octanol–water partition coefficient (Wildman–Crippen LogP) is 5.01. The average molecular weight is 478 g/mol. The van der Waals surface area contributed by atoms with Crippen molar-refractivity contribution in [2.45, 2.75) is 0 Å². The number of carbonyl (C=O) groups is 1. The maximum Gasteiger partial charge on any atom is 0.264 e. The molecule has 0 radical (unpaired) electrons. The van der Waals surface area contributed by atoms with E-state index in [4.69, 9.17) is 27.5 Å². The summed E-state index contributed by atoms with van der Waals surface area (Å²) in [5.74, 6) is 3.21. The third kappa shape index (κ3) is 4.90. The number of nitrogens with zero attached hydrogens (tertiary/aromatic N) is 1. The predicted molar refractivity (Wildman–Crippen MR) is 117 cm³/mol. The van der Waals surface area contributed by atoms with Crippen LogP contribution in [0.5, 0.6) is 11.5 Å². The molecule has 1 N–H and O–H groups in total. The van der Waals surface area contributed by atoms with Gasteiger partial charge in [-0.3, -0.25) is 4.79 Å². The maximum atomic E-state index is 12.3. The van der Waals surface area contributed by atoms with Gasteiger partial charge in [-0.1, -0.05) is 17.5 Å². The van der Waals surface area contributed by atoms with E-state index in [0.29, 0.717) is 36.8 Å². The fourth-order valence-electron chi connectivity index (χ4n) is 2.34. The minimum atomic E-state index is -0.222. The lowest BCUT2D eigenvalue weighted by Gasteiger charge is -2.12. The number of ether oxygens (including phenoxy) is 2. The number of terminal acetylenes is 1. The fourth-order valence-corrected chi connectivity index (χ4v) is 3.88. The summed E-state index contributed by atoms with van der Waals surface area (Å²) in [4.78, 5) is 17.2. The zero-order chi connectivity index (χ0) is 20.1. The highest BCUT2D eigenvalue weighted by atomic mass is 79.9. The SMILES string of the molecule is C#CCOc1c(Br)cc(/C=C2\SC(=Nc3ccc(Cl)cc3)NC2=O)cc1OC. The van der Waals surface area contributed by atoms with Gasteiger partial charge in [0.15, 0.2) is 16.7 Å². The molecule has 1 saturated heterocycles. The van der Waals surface area contributed by atoms with E-state index in [2.05, 4.69) is 32.2 Å². The van der Waals surface area contributed by atoms with Gasteiger partial charge in [0, 0.05) is 5.02 Å². The molecule has 0 spiro atoms. The maximum absolute atomic E-state index is 12.3. The van der Waals surface area contributed by atoms with Crippen LogP contribution in [0.15, 0.2) is 50.8 Å². The molecule has 1 amide bonds. The molecule has 0 aliphatic carbocycles. The number of amides is 1. The number of benzene rings is 2. The molecule has 3 rings (SSSR count). The van der Waals surface area contributed by atoms with Crippen LogP contribution in [0.3, 0.4) is 0 Å². The Kier molecular flexibility index (Phi) is 6.68. The number of hydrogen-bond acceptors (Lipinski definition) is 5. The molecule has 2 aromatic rings. The number of methoxy groups -OCH3 is 1. The van der Waals surface area contributed by atoms with Gasteiger partial charge in [0.2, 0.25) is 0 Å². The van der Waals surface area contributed by atoms with E-state index < -0.39 is 0 Å². The number of halogens is 2. The van der Waals surface area contributed by atoms with Crippen LogP contribution in [0.1, 0.15) is 5.56 Å². The molecule has 28 heavy (non-hydrogen) atoms. The van der Waals surface area contributed by atoms with E-state index >= 15 is 0 Å². The second-order valence-corrected chi connectivity index (χ2v) is 7.81. The van der Waals surface area contributed by atoms with Crippen molar-refractivity contribution < 1.29 is 14.3 Å². The lowest BCUT2D eigenvalue weighted by molar-refractivity contribution is -0.115. The standard InChI is InChI=1S/C20H14BrClN2O3S/c1-3-8-27-18-15(21)9-12(10-16(18)26-2)11-17-19(25)24-20(28-17)23-14-6-4-13(22)5-7-14/h1,4-7,9-11H,8H2,2H3,(H,23,24,25)/b17-11-. The molecule has 0 unspecified atom stereocenters. The highest BCUT2D eigenvalue weighted by Crippen LogP contribution is 2.38. The van der Waals surface area contributed by atoms with Crippen molar-refractivity contribution in [3.63, 3.8) is 0 Å². The van der Waals surface area contributed by atoms with E-state index in [1.165, 1.54) is 18.9 Å². The summed E-state index contributed by atoms with van der Waals surface area (Å²) in [6, 6.07) is 10.6. The van der Waals surface area contributed by atoms with Crippen LogP contribution >= 0.6 is 39.3 Å². The van der Waals surface area contributed by atoms with Gasteiger partial charge in [0.1, 0.15) is 6.61 Å². The summed E-state index contributed by atoms with van der Waals surface area (Å²) in [7, 11) is 1.54. The normalized spacial score (nSPS) is 16.1. The highest BCUT2D eigenvalue weighted by Gasteiger charge is 2.24. The average Bonchev–Trinajstić information content (AvgIpc) is 3.01. The van der Waals surface area contributed by atoms with Crippen LogP contribution in [-0.4, -0.2) is 24.8 Å². The number of nitrogens with one attached hydrogen (secondary N) is 1. The lowest BCUT2D eigenvalue weighted by Crippen LogP contribution is -2.19. The number of rotatable bonds is 5. The minimum absolute atomic E-state index is 0.123. The van der Waals surface area contributed by atoms with Crippen LogP contribution in [0.4, 0.5) is 5.69 Å². The van der Waals surface area contributed by atoms with E-state index in [1.807, 2.05) is 6.07 Å². The van der Waals surface area contributed by atoms with E-state index in [9.17, 15) is 4.79 Å². The fraction of sp³-hybridized carbons (Fsp3) is 0.100. The molecule has 1 fully saturated rings. The van der Waals surface area contributed by atoms with Crippen molar-refractivity contribution in [3.8, 4) is 23.8 Å². The Morgan fingerprint density at radius 3 is 2.79 bits per heavy atom. The molecular weight excluding hydrogens is 464 g/mol. The first-order valence-electron chi connectivity index (χ1n) is 7.99. The molecular formula is C20H14BrClN2O3S. The van der Waals surface area contributed by atoms with E-state index in [-0.39, 0.29) is 12.5 Å². The molecule has 0 bridgehead atoms. The van der Waals surface area contributed by atoms with Crippen molar-refractivity contribution in [3.05, 3.63) is 56.4 Å². The van der Waals surface area contributed by atoms with Gasteiger partial charge < -0.3 is 14.8 Å². The molecule has 5 nitrogen and oxygen atoms in total. The molecule has 1 aliphatic rings. The number of hydrogen-bond donors (Lipinski definition) is 1. The lowest BCUT2D eigenvalue weighted by atomic mass is 10.2. The Morgan fingerprint density at radius 1 is 1.36 bits per heavy atom. The van der Waals surface area contributed by atoms with Gasteiger partial charge in [-0.05, 0) is 75.7 Å². The second-order valence-electron chi connectivity index (χ2n) is 5.49. The van der Waals surface area contributed by atoms with E-state index in [1.54, 1.807) is 36.4 Å². The van der Waals surface area contributed by atoms with Gasteiger partial charge in [-0.25, -0.2) is 4.99 Å². The summed E-state index contributed by atoms with van der Waals surface area (Å²) in [6.45, 7) is 0.123. The monoisotopic (exact) mass is 476 g/mol. The van der Waals surface area contributed by atoms with Gasteiger partial charge >= 0.3 is 0 Å². The van der Waals surface area contributed by atoms with Crippen molar-refractivity contribution in [1.29, 1.82) is 0 Å². The molecule has 8 heteroatoms. The van der Waals surface area contributed by atoms with Crippen LogP contribution in [0.25, 0.3) is 6.08 Å². The number of amidine groups is 1. The van der Waals surface area contributed by atoms with Crippen LogP contribution < -0.4 is 14.8 Å². The smallest absolute Gasteiger partial charge is 0.264 e. The first kappa shape index (κ1) is 20.3. The summed E-state index contributed by atoms with van der Waals surface area (Å²) in [5, 5.41) is 3.88. The summed E-state index contributed by atoms with van der Waals surface area (Å²) in [5.41, 5.74) is 1.47. The third-order valence-electron chi connectivity index (χ3n) is 3.56. The van der Waals surface area contributed by atoms with Crippen molar-refractivity contribution in [2.24, 2.45) is 4.99 Å². The topological polar surface area (TPSA) is 59.9 Å². The first-order valence-corrected chi connectivity index (χ1v) is 9.98. The van der Waals surface area contributed by atoms with E-state index in [0.717, 1.165) is 5.56 Å². The van der Waals surface area contributed by atoms with Gasteiger partial charge in [0.25, 0.3) is 5.91 Å². The summed E-state index contributed by atoms with van der Waals surface area (Å²) >= 11 is 10.6. The summed E-state index contributed by atoms with van der Waals surface area (Å²) in [6.07, 6.45) is 6.99. The molecule has 0 saturated carbocycles. The Hall–Kier alpha value is -2.40. The number of thioether (sulfide) groups is 1. The van der Waals surface area contributed by atoms with Crippen LogP contribution in [0.2, 0.25) is 5.02 Å². The Morgan fingerprint density at radius 2 is 2.11 bits per heavy atom. The Labute approximate surface area is 180 Å². The third-order valence-corrected chi connectivity index (χ3v) is 5.31. The molecule has 142 valence electrons. The molecule has 1 aliphatic heterocycles. The van der Waals surface area contributed by atoms with Gasteiger partial charge in [0.05, 0.1) is 22.2 Å². The quantitative estimate of drug-likeness (QED) is 0.485. The summed E-state index contributed by atoms with van der Waals surface area (Å²) < 4.78 is 11.5. The van der Waals surface area contributed by atoms with Crippen molar-refractivity contribution in [1.82, 2.24) is 5.32 Å². The first-order chi connectivity index (χ1) is 13.5. The minimum Gasteiger partial charge on any atom is -0.493 e. The molecule has 2 aromatic carbocycles. The number of aliphatic imine (C=N–C) groups is 1. The highest BCUT2D eigenvalue weighted by molar-refractivity contribution is 9.10. The van der Waals surface area contributed by atoms with Crippen LogP contribution in [-0.2, 0) is 4.79 Å². The Bertz CT molecular complexity index is 1010. The van der Waals surface area contributed by atoms with Gasteiger partial charge in [-0.2, -0.15) is 0 Å². The van der Waals surface area contributed by atoms with Crippen LogP contribution in [0, 0.1) is 12.3 Å². The zero-order valence-electron chi connectivity index (χ0n) is 14.7. The Balaban J connectivity index is 1.85. The second kappa shape index (κ2) is 9.20. The number of carbonyl (C=O) groups excluding carboxylic acids is 1. The molecule has 1 heterocycles. The largest absolute Gasteiger partial charge is 0.493 e. The molecule has 0 atom stereocenters. The zero-order valence-corrected chi connectivity index (χ0v) is 17.8. The van der Waals surface area contributed by atoms with Gasteiger partial charge in [-0.15, -0.1) is 6.42 Å². The van der Waals surface area contributed by atoms with Crippen molar-refractivity contribution >= 4 is 62.1 Å². The molecule has 0 aromatic heterocycles. The van der Waals surface area contributed by atoms with Crippen molar-refractivity contribution in [2.75, 3.05) is 13.7 Å².